The highest BCUT2D eigenvalue weighted by Gasteiger charge is 2.40. The van der Waals surface area contributed by atoms with Gasteiger partial charge in [0.05, 0.1) is 12.2 Å². The van der Waals surface area contributed by atoms with E-state index in [0.717, 1.165) is 11.4 Å². The van der Waals surface area contributed by atoms with Crippen LogP contribution in [0.5, 0.6) is 0 Å². The molecule has 0 amide bonds. The zero-order valence-corrected chi connectivity index (χ0v) is 11.5. The standard InChI is InChI=1S/C15H20ClNO/c1-10(8-11-2-4-12(16)5-3-11)17-14-9-13-6-7-15(14)18-13/h2-5,10,13-15,17H,6-9H2,1H3. The third-order valence-electron chi connectivity index (χ3n) is 4.06. The van der Waals surface area contributed by atoms with Crippen molar-refractivity contribution in [2.75, 3.05) is 0 Å². The maximum absolute atomic E-state index is 5.90. The zero-order valence-electron chi connectivity index (χ0n) is 10.7. The summed E-state index contributed by atoms with van der Waals surface area (Å²) in [4.78, 5) is 0. The Balaban J connectivity index is 1.52. The number of hydrogen-bond acceptors (Lipinski definition) is 2. The highest BCUT2D eigenvalue weighted by molar-refractivity contribution is 6.30. The number of benzene rings is 1. The van der Waals surface area contributed by atoms with E-state index in [1.807, 2.05) is 12.1 Å². The Morgan fingerprint density at radius 1 is 1.33 bits per heavy atom. The summed E-state index contributed by atoms with van der Waals surface area (Å²) in [5.74, 6) is 0. The molecule has 4 unspecified atom stereocenters. The van der Waals surface area contributed by atoms with E-state index in [4.69, 9.17) is 16.3 Å². The van der Waals surface area contributed by atoms with Gasteiger partial charge in [-0.05, 0) is 50.3 Å². The van der Waals surface area contributed by atoms with Gasteiger partial charge >= 0.3 is 0 Å². The molecule has 2 nitrogen and oxygen atoms in total. The first kappa shape index (κ1) is 12.5. The fourth-order valence-electron chi connectivity index (χ4n) is 3.21. The molecule has 2 aliphatic heterocycles. The van der Waals surface area contributed by atoms with Crippen molar-refractivity contribution in [2.24, 2.45) is 0 Å². The summed E-state index contributed by atoms with van der Waals surface area (Å²) in [6, 6.07) is 9.19. The summed E-state index contributed by atoms with van der Waals surface area (Å²) >= 11 is 5.90. The highest BCUT2D eigenvalue weighted by atomic mass is 35.5. The minimum absolute atomic E-state index is 0.461. The predicted molar refractivity (Wildman–Crippen MR) is 74.1 cm³/mol. The van der Waals surface area contributed by atoms with Crippen molar-refractivity contribution < 1.29 is 4.74 Å². The molecule has 1 aromatic rings. The smallest absolute Gasteiger partial charge is 0.0733 e. The van der Waals surface area contributed by atoms with Crippen molar-refractivity contribution in [1.82, 2.24) is 5.32 Å². The molecule has 2 heterocycles. The fraction of sp³-hybridized carbons (Fsp3) is 0.600. The Morgan fingerprint density at radius 2 is 2.11 bits per heavy atom. The van der Waals surface area contributed by atoms with E-state index in [9.17, 15) is 0 Å². The van der Waals surface area contributed by atoms with Gasteiger partial charge in [0.1, 0.15) is 0 Å². The number of fused-ring (bicyclic) bond motifs is 2. The molecule has 1 N–H and O–H groups in total. The van der Waals surface area contributed by atoms with E-state index in [2.05, 4.69) is 24.4 Å². The zero-order chi connectivity index (χ0) is 12.5. The van der Waals surface area contributed by atoms with E-state index in [-0.39, 0.29) is 0 Å². The molecular weight excluding hydrogens is 246 g/mol. The second kappa shape index (κ2) is 5.20. The molecule has 0 saturated carbocycles. The number of rotatable bonds is 4. The van der Waals surface area contributed by atoms with E-state index in [1.165, 1.54) is 24.8 Å². The molecule has 3 rings (SSSR count). The quantitative estimate of drug-likeness (QED) is 0.903. The molecule has 1 aromatic carbocycles. The lowest BCUT2D eigenvalue weighted by molar-refractivity contribution is 0.0962. The summed E-state index contributed by atoms with van der Waals surface area (Å²) in [6.07, 6.45) is 5.71. The lowest BCUT2D eigenvalue weighted by Gasteiger charge is -2.24. The van der Waals surface area contributed by atoms with Crippen LogP contribution in [0.2, 0.25) is 5.02 Å². The molecule has 0 radical (unpaired) electrons. The van der Waals surface area contributed by atoms with E-state index < -0.39 is 0 Å². The second-order valence-electron chi connectivity index (χ2n) is 5.61. The topological polar surface area (TPSA) is 21.3 Å². The predicted octanol–water partition coefficient (Wildman–Crippen LogP) is 3.18. The maximum atomic E-state index is 5.90. The number of ether oxygens (including phenoxy) is 1. The Hall–Kier alpha value is -0.570. The minimum atomic E-state index is 0.461. The molecule has 2 aliphatic rings. The Bertz CT molecular complexity index is 405. The summed E-state index contributed by atoms with van der Waals surface area (Å²) in [7, 11) is 0. The number of nitrogens with one attached hydrogen (secondary N) is 1. The molecule has 0 aromatic heterocycles. The average molecular weight is 266 g/mol. The van der Waals surface area contributed by atoms with Crippen molar-refractivity contribution in [3.05, 3.63) is 34.9 Å². The number of halogens is 1. The molecule has 2 saturated heterocycles. The first-order chi connectivity index (χ1) is 8.70. The second-order valence-corrected chi connectivity index (χ2v) is 6.05. The molecule has 2 fully saturated rings. The normalized spacial score (nSPS) is 31.8. The van der Waals surface area contributed by atoms with Crippen LogP contribution in [0.4, 0.5) is 0 Å². The van der Waals surface area contributed by atoms with Gasteiger partial charge in [-0.2, -0.15) is 0 Å². The van der Waals surface area contributed by atoms with Crippen LogP contribution in [-0.4, -0.2) is 24.3 Å². The van der Waals surface area contributed by atoms with Gasteiger partial charge in [0.15, 0.2) is 0 Å². The molecule has 98 valence electrons. The van der Waals surface area contributed by atoms with Gasteiger partial charge < -0.3 is 10.1 Å². The van der Waals surface area contributed by atoms with Crippen LogP contribution in [0.1, 0.15) is 31.7 Å². The van der Waals surface area contributed by atoms with Crippen LogP contribution in [0, 0.1) is 0 Å². The minimum Gasteiger partial charge on any atom is -0.373 e. The van der Waals surface area contributed by atoms with Crippen molar-refractivity contribution in [2.45, 2.75) is 56.9 Å². The van der Waals surface area contributed by atoms with Crippen LogP contribution >= 0.6 is 11.6 Å². The van der Waals surface area contributed by atoms with Crippen LogP contribution in [-0.2, 0) is 11.2 Å². The van der Waals surface area contributed by atoms with E-state index >= 15 is 0 Å². The molecule has 0 aliphatic carbocycles. The van der Waals surface area contributed by atoms with E-state index in [1.54, 1.807) is 0 Å². The van der Waals surface area contributed by atoms with Gasteiger partial charge in [0.2, 0.25) is 0 Å². The first-order valence-corrected chi connectivity index (χ1v) is 7.24. The van der Waals surface area contributed by atoms with Crippen LogP contribution in [0.25, 0.3) is 0 Å². The molecular formula is C15H20ClNO. The fourth-order valence-corrected chi connectivity index (χ4v) is 3.34. The lowest BCUT2D eigenvalue weighted by atomic mass is 9.94. The Morgan fingerprint density at radius 3 is 2.72 bits per heavy atom. The van der Waals surface area contributed by atoms with Crippen LogP contribution in [0.15, 0.2) is 24.3 Å². The SMILES string of the molecule is CC(Cc1ccc(Cl)cc1)NC1CC2CCC1O2. The van der Waals surface area contributed by atoms with Crippen LogP contribution < -0.4 is 5.32 Å². The third-order valence-corrected chi connectivity index (χ3v) is 4.31. The summed E-state index contributed by atoms with van der Waals surface area (Å²) < 4.78 is 5.87. The van der Waals surface area contributed by atoms with Gasteiger partial charge in [-0.25, -0.2) is 0 Å². The first-order valence-electron chi connectivity index (χ1n) is 6.86. The highest BCUT2D eigenvalue weighted by Crippen LogP contribution is 2.34. The lowest BCUT2D eigenvalue weighted by Crippen LogP contribution is -2.43. The van der Waals surface area contributed by atoms with Gasteiger partial charge in [-0.1, -0.05) is 23.7 Å². The third kappa shape index (κ3) is 2.71. The maximum Gasteiger partial charge on any atom is 0.0733 e. The molecule has 3 heteroatoms. The largest absolute Gasteiger partial charge is 0.373 e. The van der Waals surface area contributed by atoms with Crippen molar-refractivity contribution in [1.29, 1.82) is 0 Å². The van der Waals surface area contributed by atoms with Crippen LogP contribution in [0.3, 0.4) is 0 Å². The summed E-state index contributed by atoms with van der Waals surface area (Å²) in [6.45, 7) is 2.25. The molecule has 18 heavy (non-hydrogen) atoms. The summed E-state index contributed by atoms with van der Waals surface area (Å²) in [5, 5.41) is 4.52. The van der Waals surface area contributed by atoms with Gasteiger partial charge in [-0.15, -0.1) is 0 Å². The van der Waals surface area contributed by atoms with Crippen molar-refractivity contribution >= 4 is 11.6 Å². The number of hydrogen-bond donors (Lipinski definition) is 1. The van der Waals surface area contributed by atoms with Gasteiger partial charge in [-0.3, -0.25) is 0 Å². The Labute approximate surface area is 114 Å². The average Bonchev–Trinajstić information content (AvgIpc) is 2.94. The molecule has 0 spiro atoms. The van der Waals surface area contributed by atoms with E-state index in [0.29, 0.717) is 24.3 Å². The summed E-state index contributed by atoms with van der Waals surface area (Å²) in [5.41, 5.74) is 1.34. The molecule has 2 bridgehead atoms. The van der Waals surface area contributed by atoms with Gasteiger partial charge in [0.25, 0.3) is 0 Å². The monoisotopic (exact) mass is 265 g/mol. The molecule has 4 atom stereocenters. The Kier molecular flexibility index (Phi) is 3.60. The van der Waals surface area contributed by atoms with Crippen molar-refractivity contribution in [3.8, 4) is 0 Å². The van der Waals surface area contributed by atoms with Crippen molar-refractivity contribution in [3.63, 3.8) is 0 Å². The van der Waals surface area contributed by atoms with Gasteiger partial charge in [0, 0.05) is 17.1 Å².